The summed E-state index contributed by atoms with van der Waals surface area (Å²) in [6.45, 7) is 8.20. The van der Waals surface area contributed by atoms with Crippen LogP contribution >= 0.6 is 0 Å². The maximum Gasteiger partial charge on any atom is 0.0420 e. The number of benzene rings is 1. The van der Waals surface area contributed by atoms with Gasteiger partial charge < -0.3 is 5.73 Å². The smallest absolute Gasteiger partial charge is 0.0420 e. The molecule has 2 aliphatic rings. The third kappa shape index (κ3) is 2.90. The summed E-state index contributed by atoms with van der Waals surface area (Å²) >= 11 is 0. The second-order valence-corrected chi connectivity index (χ2v) is 6.68. The molecule has 1 nitrogen and oxygen atoms in total. The highest BCUT2D eigenvalue weighted by Gasteiger charge is 2.48. The summed E-state index contributed by atoms with van der Waals surface area (Å²) in [6.07, 6.45) is 11.4. The van der Waals surface area contributed by atoms with Gasteiger partial charge in [-0.05, 0) is 78.7 Å². The van der Waals surface area contributed by atoms with Gasteiger partial charge in [0.05, 0.1) is 0 Å². The Morgan fingerprint density at radius 1 is 1.36 bits per heavy atom. The molecule has 0 radical (unpaired) electrons. The lowest BCUT2D eigenvalue weighted by molar-refractivity contribution is 0.690. The molecule has 0 heterocycles. The highest BCUT2D eigenvalue weighted by atomic mass is 14.6. The summed E-state index contributed by atoms with van der Waals surface area (Å²) in [6, 6.07) is 6.70. The van der Waals surface area contributed by atoms with Crippen LogP contribution in [0.15, 0.2) is 42.5 Å². The average molecular weight is 293 g/mol. The van der Waals surface area contributed by atoms with E-state index in [0.717, 1.165) is 35.4 Å². The van der Waals surface area contributed by atoms with Crippen molar-refractivity contribution in [2.24, 2.45) is 17.6 Å². The Bertz CT molecular complexity index is 631. The van der Waals surface area contributed by atoms with E-state index < -0.39 is 0 Å². The van der Waals surface area contributed by atoms with E-state index in [1.807, 2.05) is 13.0 Å². The molecule has 0 amide bonds. The molecule has 0 saturated heterocycles. The van der Waals surface area contributed by atoms with Crippen LogP contribution in [0.4, 0.5) is 0 Å². The zero-order chi connectivity index (χ0) is 15.7. The predicted octanol–water partition coefficient (Wildman–Crippen LogP) is 5.50. The zero-order valence-electron chi connectivity index (χ0n) is 13.8. The lowest BCUT2D eigenvalue weighted by atomic mass is 9.95. The van der Waals surface area contributed by atoms with Crippen LogP contribution in [0.3, 0.4) is 0 Å². The van der Waals surface area contributed by atoms with Crippen molar-refractivity contribution in [1.82, 2.24) is 0 Å². The molecule has 1 aromatic carbocycles. The molecule has 2 atom stereocenters. The van der Waals surface area contributed by atoms with E-state index >= 15 is 0 Å². The van der Waals surface area contributed by atoms with E-state index in [4.69, 9.17) is 5.73 Å². The van der Waals surface area contributed by atoms with Crippen molar-refractivity contribution in [3.05, 3.63) is 59.2 Å². The maximum atomic E-state index is 6.38. The lowest BCUT2D eigenvalue weighted by Crippen LogP contribution is -2.02. The maximum absolute atomic E-state index is 6.38. The molecule has 116 valence electrons. The number of nitrogens with two attached hydrogens (primary N) is 1. The van der Waals surface area contributed by atoms with Crippen molar-refractivity contribution < 1.29 is 0 Å². The van der Waals surface area contributed by atoms with Gasteiger partial charge in [0.15, 0.2) is 0 Å². The van der Waals surface area contributed by atoms with E-state index in [1.165, 1.54) is 36.0 Å². The summed E-state index contributed by atoms with van der Waals surface area (Å²) in [5, 5.41) is 0. The van der Waals surface area contributed by atoms with E-state index in [-0.39, 0.29) is 0 Å². The van der Waals surface area contributed by atoms with Gasteiger partial charge in [0.2, 0.25) is 0 Å². The topological polar surface area (TPSA) is 26.0 Å². The number of allylic oxidation sites excluding steroid dienone is 3. The molecular formula is C21H27N. The molecule has 0 aliphatic heterocycles. The first-order chi connectivity index (χ1) is 10.7. The molecule has 2 aliphatic carbocycles. The molecule has 2 saturated carbocycles. The van der Waals surface area contributed by atoms with Gasteiger partial charge in [-0.25, -0.2) is 0 Å². The Kier molecular flexibility index (Phi) is 4.24. The van der Waals surface area contributed by atoms with E-state index in [0.29, 0.717) is 0 Å². The first-order valence-electron chi connectivity index (χ1n) is 8.57. The second kappa shape index (κ2) is 6.16. The number of rotatable bonds is 6. The summed E-state index contributed by atoms with van der Waals surface area (Å²) in [4.78, 5) is 0. The molecule has 1 heteroatoms. The van der Waals surface area contributed by atoms with Crippen LogP contribution in [-0.4, -0.2) is 0 Å². The minimum absolute atomic E-state index is 0.765. The van der Waals surface area contributed by atoms with Crippen LogP contribution in [0.25, 0.3) is 11.8 Å². The molecule has 2 N–H and O–H groups in total. The average Bonchev–Trinajstić information content (AvgIpc) is 3.42. The van der Waals surface area contributed by atoms with Gasteiger partial charge in [-0.2, -0.15) is 0 Å². The van der Waals surface area contributed by atoms with E-state index in [1.54, 1.807) is 0 Å². The second-order valence-electron chi connectivity index (χ2n) is 6.68. The fourth-order valence-electron chi connectivity index (χ4n) is 3.66. The quantitative estimate of drug-likeness (QED) is 0.689. The van der Waals surface area contributed by atoms with Crippen molar-refractivity contribution in [2.45, 2.75) is 45.4 Å². The first-order valence-corrected chi connectivity index (χ1v) is 8.57. The van der Waals surface area contributed by atoms with Gasteiger partial charge >= 0.3 is 0 Å². The highest BCUT2D eigenvalue weighted by molar-refractivity contribution is 5.71. The van der Waals surface area contributed by atoms with Crippen molar-refractivity contribution in [3.63, 3.8) is 0 Å². The normalized spacial score (nSPS) is 25.2. The molecule has 3 rings (SSSR count). The predicted molar refractivity (Wildman–Crippen MR) is 96.3 cm³/mol. The summed E-state index contributed by atoms with van der Waals surface area (Å²) in [5.74, 6) is 2.71. The van der Waals surface area contributed by atoms with Crippen molar-refractivity contribution in [1.29, 1.82) is 0 Å². The lowest BCUT2D eigenvalue weighted by Gasteiger charge is -2.12. The Morgan fingerprint density at radius 3 is 2.73 bits per heavy atom. The van der Waals surface area contributed by atoms with Gasteiger partial charge in [-0.15, -0.1) is 0 Å². The molecule has 1 aromatic rings. The summed E-state index contributed by atoms with van der Waals surface area (Å²) < 4.78 is 0. The largest absolute Gasteiger partial charge is 0.398 e. The zero-order valence-corrected chi connectivity index (χ0v) is 13.8. The Hall–Kier alpha value is -1.76. The fourth-order valence-corrected chi connectivity index (χ4v) is 3.66. The van der Waals surface area contributed by atoms with E-state index in [2.05, 4.69) is 43.9 Å². The molecular weight excluding hydrogens is 266 g/mol. The third-order valence-corrected chi connectivity index (χ3v) is 5.18. The number of hydrogen-bond acceptors (Lipinski definition) is 1. The van der Waals surface area contributed by atoms with Crippen LogP contribution in [0, 0.1) is 11.8 Å². The molecule has 0 bridgehead atoms. The Labute approximate surface area is 134 Å². The van der Waals surface area contributed by atoms with Crippen LogP contribution < -0.4 is 5.73 Å². The SMILES string of the molecule is C=Cc1cc(/C(N)=C(/C=C\C)CC)ccc1C1CC1C1CC1. The molecule has 2 unspecified atom stereocenters. The molecule has 0 aromatic heterocycles. The van der Waals surface area contributed by atoms with Crippen molar-refractivity contribution >= 4 is 11.8 Å². The van der Waals surface area contributed by atoms with Gasteiger partial charge in [0.25, 0.3) is 0 Å². The van der Waals surface area contributed by atoms with E-state index in [9.17, 15) is 0 Å². The third-order valence-electron chi connectivity index (χ3n) is 5.18. The van der Waals surface area contributed by atoms with Gasteiger partial charge in [0.1, 0.15) is 0 Å². The monoisotopic (exact) mass is 293 g/mol. The van der Waals surface area contributed by atoms with Crippen molar-refractivity contribution in [2.75, 3.05) is 0 Å². The number of hydrogen-bond donors (Lipinski definition) is 1. The minimum atomic E-state index is 0.765. The Balaban J connectivity index is 1.90. The summed E-state index contributed by atoms with van der Waals surface area (Å²) in [5.41, 5.74) is 12.3. The molecule has 22 heavy (non-hydrogen) atoms. The minimum Gasteiger partial charge on any atom is -0.398 e. The van der Waals surface area contributed by atoms with Gasteiger partial charge in [-0.1, -0.05) is 43.9 Å². The van der Waals surface area contributed by atoms with Crippen molar-refractivity contribution in [3.8, 4) is 0 Å². The van der Waals surface area contributed by atoms with Crippen LogP contribution in [-0.2, 0) is 0 Å². The van der Waals surface area contributed by atoms with Gasteiger partial charge in [0, 0.05) is 5.70 Å². The van der Waals surface area contributed by atoms with Crippen LogP contribution in [0.2, 0.25) is 0 Å². The highest BCUT2D eigenvalue weighted by Crippen LogP contribution is 2.59. The summed E-state index contributed by atoms with van der Waals surface area (Å²) in [7, 11) is 0. The molecule has 2 fully saturated rings. The Morgan fingerprint density at radius 2 is 2.14 bits per heavy atom. The fraction of sp³-hybridized carbons (Fsp3) is 0.429. The standard InChI is InChI=1S/C21H27N/c1-4-7-14(5-2)21(22)17-10-11-18(15(6-3)12-17)20-13-19(20)16-8-9-16/h4,6-7,10-12,16,19-20H,3,5,8-9,13,22H2,1-2H3/b7-4-,21-14-. The van der Waals surface area contributed by atoms with Crippen LogP contribution in [0.1, 0.15) is 62.1 Å². The van der Waals surface area contributed by atoms with Gasteiger partial charge in [-0.3, -0.25) is 0 Å². The first kappa shape index (κ1) is 15.1. The molecule has 0 spiro atoms. The van der Waals surface area contributed by atoms with Crippen LogP contribution in [0.5, 0.6) is 0 Å².